The molecular formula is C19H30N4O2. The Labute approximate surface area is 150 Å². The summed E-state index contributed by atoms with van der Waals surface area (Å²) in [5, 5.41) is 3.41. The second kappa shape index (κ2) is 8.15. The van der Waals surface area contributed by atoms with Crippen LogP contribution in [0.25, 0.3) is 0 Å². The number of anilines is 1. The van der Waals surface area contributed by atoms with E-state index in [1.54, 1.807) is 0 Å². The van der Waals surface area contributed by atoms with Crippen molar-refractivity contribution in [3.63, 3.8) is 0 Å². The molecule has 1 aromatic heterocycles. The van der Waals surface area contributed by atoms with E-state index in [2.05, 4.69) is 34.1 Å². The van der Waals surface area contributed by atoms with Crippen molar-refractivity contribution in [3.05, 3.63) is 23.4 Å². The number of aryl methyl sites for hydroxylation is 2. The minimum absolute atomic E-state index is 0.326. The molecule has 0 amide bonds. The largest absolute Gasteiger partial charge is 0.468 e. The average molecular weight is 346 g/mol. The molecule has 1 aliphatic carbocycles. The number of hydrogen-bond acceptors (Lipinski definition) is 6. The number of carbonyl (C=O) groups is 1. The summed E-state index contributed by atoms with van der Waals surface area (Å²) in [7, 11) is 3.50. The number of fused-ring (bicyclic) bond motifs is 1. The number of esters is 1. The zero-order valence-electron chi connectivity index (χ0n) is 15.3. The van der Waals surface area contributed by atoms with E-state index in [0.717, 1.165) is 37.7 Å². The predicted octanol–water partition coefficient (Wildman–Crippen LogP) is 1.58. The first-order chi connectivity index (χ1) is 12.1. The van der Waals surface area contributed by atoms with Gasteiger partial charge in [0.25, 0.3) is 0 Å². The molecule has 3 N–H and O–H groups in total. The third-order valence-corrected chi connectivity index (χ3v) is 5.47. The van der Waals surface area contributed by atoms with Crippen LogP contribution in [0.3, 0.4) is 0 Å². The lowest BCUT2D eigenvalue weighted by atomic mass is 10.1. The van der Waals surface area contributed by atoms with Crippen LogP contribution in [0.2, 0.25) is 0 Å². The van der Waals surface area contributed by atoms with Gasteiger partial charge in [-0.15, -0.1) is 0 Å². The molecule has 1 fully saturated rings. The maximum atomic E-state index is 11.4. The highest BCUT2D eigenvalue weighted by Gasteiger charge is 2.39. The molecule has 6 heteroatoms. The number of ether oxygens (including phenoxy) is 1. The molecule has 25 heavy (non-hydrogen) atoms. The molecule has 0 aromatic carbocycles. The highest BCUT2D eigenvalue weighted by molar-refractivity contribution is 5.75. The van der Waals surface area contributed by atoms with Gasteiger partial charge in [0.15, 0.2) is 0 Å². The highest BCUT2D eigenvalue weighted by atomic mass is 16.5. The summed E-state index contributed by atoms with van der Waals surface area (Å²) in [6.45, 7) is 1.87. The Morgan fingerprint density at radius 2 is 2.36 bits per heavy atom. The Hall–Kier alpha value is -1.66. The molecule has 1 aromatic rings. The number of nitrogens with zero attached hydrogens (tertiary/aromatic N) is 2. The van der Waals surface area contributed by atoms with Crippen LogP contribution in [0.15, 0.2) is 12.1 Å². The zero-order valence-corrected chi connectivity index (χ0v) is 15.3. The normalized spacial score (nSPS) is 22.9. The van der Waals surface area contributed by atoms with Crippen LogP contribution < -0.4 is 11.1 Å². The van der Waals surface area contributed by atoms with Gasteiger partial charge < -0.3 is 20.7 Å². The molecule has 0 saturated heterocycles. The topological polar surface area (TPSA) is 80.5 Å². The molecule has 2 aliphatic rings. The SMILES string of the molecule is COC(=O)[C@@H](N)CCN(C)C1CC1CCc1ccc2c(n1)NCCC2. The average Bonchev–Trinajstić information content (AvgIpc) is 3.43. The monoisotopic (exact) mass is 346 g/mol. The number of nitrogens with two attached hydrogens (primary N) is 1. The Balaban J connectivity index is 1.40. The van der Waals surface area contributed by atoms with Crippen molar-refractivity contribution in [2.75, 3.05) is 32.6 Å². The molecular weight excluding hydrogens is 316 g/mol. The molecule has 0 radical (unpaired) electrons. The Morgan fingerprint density at radius 3 is 3.16 bits per heavy atom. The summed E-state index contributed by atoms with van der Waals surface area (Å²) < 4.78 is 4.67. The van der Waals surface area contributed by atoms with Crippen molar-refractivity contribution in [3.8, 4) is 0 Å². The van der Waals surface area contributed by atoms with Crippen molar-refractivity contribution in [2.45, 2.75) is 50.6 Å². The van der Waals surface area contributed by atoms with Gasteiger partial charge in [0.05, 0.1) is 7.11 Å². The van der Waals surface area contributed by atoms with E-state index < -0.39 is 6.04 Å². The van der Waals surface area contributed by atoms with Gasteiger partial charge in [-0.3, -0.25) is 4.79 Å². The molecule has 1 saturated carbocycles. The van der Waals surface area contributed by atoms with E-state index in [1.165, 1.54) is 37.6 Å². The molecule has 2 unspecified atom stereocenters. The van der Waals surface area contributed by atoms with Crippen LogP contribution in [-0.4, -0.2) is 55.2 Å². The van der Waals surface area contributed by atoms with Gasteiger partial charge in [-0.1, -0.05) is 6.07 Å². The van der Waals surface area contributed by atoms with Crippen LogP contribution in [0, 0.1) is 5.92 Å². The number of rotatable bonds is 8. The Bertz CT molecular complexity index is 607. The number of nitrogens with one attached hydrogen (secondary N) is 1. The van der Waals surface area contributed by atoms with Crippen molar-refractivity contribution in [1.29, 1.82) is 0 Å². The highest BCUT2D eigenvalue weighted by Crippen LogP contribution is 2.38. The summed E-state index contributed by atoms with van der Waals surface area (Å²) in [4.78, 5) is 18.5. The number of aromatic nitrogens is 1. The second-order valence-corrected chi connectivity index (χ2v) is 7.34. The van der Waals surface area contributed by atoms with E-state index in [9.17, 15) is 4.79 Å². The minimum Gasteiger partial charge on any atom is -0.468 e. The van der Waals surface area contributed by atoms with Crippen LogP contribution in [0.5, 0.6) is 0 Å². The Morgan fingerprint density at radius 1 is 1.52 bits per heavy atom. The predicted molar refractivity (Wildman–Crippen MR) is 98.5 cm³/mol. The first-order valence-corrected chi connectivity index (χ1v) is 9.35. The number of pyridine rings is 1. The fraction of sp³-hybridized carbons (Fsp3) is 0.684. The van der Waals surface area contributed by atoms with E-state index in [4.69, 9.17) is 10.7 Å². The molecule has 3 atom stereocenters. The minimum atomic E-state index is -0.517. The third kappa shape index (κ3) is 4.70. The van der Waals surface area contributed by atoms with Crippen molar-refractivity contribution in [2.24, 2.45) is 11.7 Å². The van der Waals surface area contributed by atoms with Gasteiger partial charge in [0.2, 0.25) is 0 Å². The standard InChI is InChI=1S/C19H30N4O2/c1-23(11-9-16(20)19(24)25-2)17-12-14(17)6-8-15-7-5-13-4-3-10-21-18(13)22-15/h5,7,14,16-17H,3-4,6,8-12,20H2,1-2H3,(H,21,22)/t14?,16-,17?/m0/s1. The number of hydrogen-bond donors (Lipinski definition) is 2. The summed E-state index contributed by atoms with van der Waals surface area (Å²) >= 11 is 0. The van der Waals surface area contributed by atoms with E-state index in [0.29, 0.717) is 12.5 Å². The molecule has 2 heterocycles. The Kier molecular flexibility index (Phi) is 5.91. The summed E-state index contributed by atoms with van der Waals surface area (Å²) in [5.41, 5.74) is 8.34. The smallest absolute Gasteiger partial charge is 0.322 e. The quantitative estimate of drug-likeness (QED) is 0.696. The molecule has 138 valence electrons. The number of methoxy groups -OCH3 is 1. The van der Waals surface area contributed by atoms with Gasteiger partial charge in [-0.25, -0.2) is 4.98 Å². The van der Waals surface area contributed by atoms with Gasteiger partial charge in [0, 0.05) is 24.8 Å². The van der Waals surface area contributed by atoms with Gasteiger partial charge in [-0.05, 0) is 63.1 Å². The lowest BCUT2D eigenvalue weighted by molar-refractivity contribution is -0.142. The van der Waals surface area contributed by atoms with E-state index >= 15 is 0 Å². The first kappa shape index (κ1) is 18.1. The molecule has 3 rings (SSSR count). The van der Waals surface area contributed by atoms with Crippen molar-refractivity contribution >= 4 is 11.8 Å². The van der Waals surface area contributed by atoms with E-state index in [1.807, 2.05) is 0 Å². The first-order valence-electron chi connectivity index (χ1n) is 9.35. The van der Waals surface area contributed by atoms with Crippen LogP contribution in [0.1, 0.15) is 36.9 Å². The van der Waals surface area contributed by atoms with E-state index in [-0.39, 0.29) is 5.97 Å². The molecule has 0 spiro atoms. The van der Waals surface area contributed by atoms with Crippen LogP contribution in [-0.2, 0) is 22.4 Å². The summed E-state index contributed by atoms with van der Waals surface area (Å²) in [5.74, 6) is 1.49. The second-order valence-electron chi connectivity index (χ2n) is 7.34. The zero-order chi connectivity index (χ0) is 17.8. The van der Waals surface area contributed by atoms with Crippen LogP contribution in [0.4, 0.5) is 5.82 Å². The maximum Gasteiger partial charge on any atom is 0.322 e. The molecule has 6 nitrogen and oxygen atoms in total. The van der Waals surface area contributed by atoms with Crippen molar-refractivity contribution in [1.82, 2.24) is 9.88 Å². The summed E-state index contributed by atoms with van der Waals surface area (Å²) in [6.07, 6.45) is 6.41. The van der Waals surface area contributed by atoms with Gasteiger partial charge >= 0.3 is 5.97 Å². The van der Waals surface area contributed by atoms with Gasteiger partial charge in [0.1, 0.15) is 11.9 Å². The molecule has 0 bridgehead atoms. The lowest BCUT2D eigenvalue weighted by Crippen LogP contribution is -2.36. The fourth-order valence-electron chi connectivity index (χ4n) is 3.70. The third-order valence-electron chi connectivity index (χ3n) is 5.47. The molecule has 1 aliphatic heterocycles. The maximum absolute atomic E-state index is 11.4. The summed E-state index contributed by atoms with van der Waals surface area (Å²) in [6, 6.07) is 4.51. The van der Waals surface area contributed by atoms with Crippen LogP contribution >= 0.6 is 0 Å². The lowest BCUT2D eigenvalue weighted by Gasteiger charge is -2.19. The number of carbonyl (C=O) groups excluding carboxylic acids is 1. The fourth-order valence-corrected chi connectivity index (χ4v) is 3.70. The van der Waals surface area contributed by atoms with Gasteiger partial charge in [-0.2, -0.15) is 0 Å². The van der Waals surface area contributed by atoms with Crippen molar-refractivity contribution < 1.29 is 9.53 Å².